The maximum atomic E-state index is 5.47. The summed E-state index contributed by atoms with van der Waals surface area (Å²) in [6.07, 6.45) is 2.31. The van der Waals surface area contributed by atoms with E-state index in [1.807, 2.05) is 12.1 Å². The molecule has 0 saturated heterocycles. The Morgan fingerprint density at radius 2 is 1.80 bits per heavy atom. The lowest BCUT2D eigenvalue weighted by atomic mass is 10.0. The molecule has 0 aliphatic heterocycles. The van der Waals surface area contributed by atoms with Crippen molar-refractivity contribution < 1.29 is 4.74 Å². The molecule has 0 amide bonds. The zero-order valence-electron chi connectivity index (χ0n) is 11.7. The van der Waals surface area contributed by atoms with Crippen molar-refractivity contribution in [3.8, 4) is 5.75 Å². The summed E-state index contributed by atoms with van der Waals surface area (Å²) in [5.74, 6) is 0.888. The Bertz CT molecular complexity index is 564. The van der Waals surface area contributed by atoms with Crippen molar-refractivity contribution in [3.05, 3.63) is 63.6 Å². The number of ether oxygens (including phenoxy) is 1. The molecule has 2 rings (SSSR count). The molecule has 0 saturated carbocycles. The minimum atomic E-state index is 0.140. The zero-order valence-corrected chi connectivity index (χ0v) is 14.9. The summed E-state index contributed by atoms with van der Waals surface area (Å²) in [5, 5.41) is 0. The van der Waals surface area contributed by atoms with Crippen LogP contribution in [0, 0.1) is 0 Å². The normalized spacial score (nSPS) is 12.2. The van der Waals surface area contributed by atoms with E-state index in [4.69, 9.17) is 4.74 Å². The third kappa shape index (κ3) is 3.64. The van der Waals surface area contributed by atoms with Crippen LogP contribution >= 0.6 is 31.9 Å². The van der Waals surface area contributed by atoms with E-state index in [1.165, 1.54) is 17.5 Å². The van der Waals surface area contributed by atoms with Gasteiger partial charge in [0, 0.05) is 10.0 Å². The van der Waals surface area contributed by atoms with Crippen LogP contribution in [0.2, 0.25) is 0 Å². The summed E-state index contributed by atoms with van der Waals surface area (Å²) in [5.41, 5.74) is 3.77. The van der Waals surface area contributed by atoms with E-state index in [9.17, 15) is 0 Å². The van der Waals surface area contributed by atoms with Gasteiger partial charge in [0.2, 0.25) is 0 Å². The molecule has 0 heterocycles. The Balaban J connectivity index is 2.28. The van der Waals surface area contributed by atoms with E-state index >= 15 is 0 Å². The topological polar surface area (TPSA) is 9.23 Å². The maximum absolute atomic E-state index is 5.47. The predicted octanol–water partition coefficient (Wildman–Crippen LogP) is 5.89. The van der Waals surface area contributed by atoms with Gasteiger partial charge in [0.05, 0.1) is 11.9 Å². The molecule has 0 aromatic heterocycles. The van der Waals surface area contributed by atoms with Gasteiger partial charge < -0.3 is 4.74 Å². The molecule has 1 atom stereocenters. The number of rotatable bonds is 5. The van der Waals surface area contributed by atoms with E-state index in [0.29, 0.717) is 0 Å². The molecule has 0 spiro atoms. The number of hydrogen-bond acceptors (Lipinski definition) is 1. The van der Waals surface area contributed by atoms with Gasteiger partial charge >= 0.3 is 0 Å². The van der Waals surface area contributed by atoms with Gasteiger partial charge in [-0.3, -0.25) is 0 Å². The average molecular weight is 398 g/mol. The lowest BCUT2D eigenvalue weighted by Gasteiger charge is -2.15. The third-order valence-electron chi connectivity index (χ3n) is 3.28. The van der Waals surface area contributed by atoms with Crippen molar-refractivity contribution in [2.75, 3.05) is 7.11 Å². The smallest absolute Gasteiger partial charge is 0.124 e. The SMILES string of the molecule is CCCc1ccc(C(Br)c2ccc(Br)cc2OC)cc1. The lowest BCUT2D eigenvalue weighted by Crippen LogP contribution is -1.97. The van der Waals surface area contributed by atoms with Crippen molar-refractivity contribution in [1.29, 1.82) is 0 Å². The first-order valence-electron chi connectivity index (χ1n) is 6.72. The number of methoxy groups -OCH3 is 1. The first kappa shape index (κ1) is 15.6. The van der Waals surface area contributed by atoms with Crippen LogP contribution in [-0.2, 0) is 6.42 Å². The largest absolute Gasteiger partial charge is 0.496 e. The zero-order chi connectivity index (χ0) is 14.5. The highest BCUT2D eigenvalue weighted by molar-refractivity contribution is 9.10. The molecule has 0 radical (unpaired) electrons. The Labute approximate surface area is 137 Å². The summed E-state index contributed by atoms with van der Waals surface area (Å²) >= 11 is 7.25. The molecule has 0 aliphatic rings. The molecule has 20 heavy (non-hydrogen) atoms. The van der Waals surface area contributed by atoms with Crippen molar-refractivity contribution >= 4 is 31.9 Å². The molecule has 3 heteroatoms. The van der Waals surface area contributed by atoms with Crippen LogP contribution in [-0.4, -0.2) is 7.11 Å². The fourth-order valence-corrected chi connectivity index (χ4v) is 3.24. The van der Waals surface area contributed by atoms with E-state index in [0.717, 1.165) is 22.2 Å². The number of aryl methyl sites for hydroxylation is 1. The maximum Gasteiger partial charge on any atom is 0.124 e. The van der Waals surface area contributed by atoms with E-state index in [1.54, 1.807) is 7.11 Å². The highest BCUT2D eigenvalue weighted by atomic mass is 79.9. The molecule has 0 N–H and O–H groups in total. The molecular weight excluding hydrogens is 380 g/mol. The van der Waals surface area contributed by atoms with E-state index in [2.05, 4.69) is 69.1 Å². The molecule has 1 unspecified atom stereocenters. The highest BCUT2D eigenvalue weighted by Gasteiger charge is 2.15. The van der Waals surface area contributed by atoms with Gasteiger partial charge in [0.15, 0.2) is 0 Å². The minimum Gasteiger partial charge on any atom is -0.496 e. The Kier molecular flexibility index (Phi) is 5.67. The highest BCUT2D eigenvalue weighted by Crippen LogP contribution is 2.37. The molecule has 0 fully saturated rings. The van der Waals surface area contributed by atoms with Gasteiger partial charge in [0.25, 0.3) is 0 Å². The lowest BCUT2D eigenvalue weighted by molar-refractivity contribution is 0.410. The quantitative estimate of drug-likeness (QED) is 0.571. The Morgan fingerprint density at radius 3 is 2.40 bits per heavy atom. The second kappa shape index (κ2) is 7.28. The van der Waals surface area contributed by atoms with Crippen molar-refractivity contribution in [2.45, 2.75) is 24.6 Å². The van der Waals surface area contributed by atoms with Gasteiger partial charge in [-0.05, 0) is 29.7 Å². The molecule has 0 aliphatic carbocycles. The Hall–Kier alpha value is -0.800. The number of alkyl halides is 1. The van der Waals surface area contributed by atoms with Crippen LogP contribution in [0.1, 0.15) is 34.9 Å². The fraction of sp³-hybridized carbons (Fsp3) is 0.294. The number of benzene rings is 2. The molecular formula is C17H18Br2O. The summed E-state index contributed by atoms with van der Waals surface area (Å²) in [7, 11) is 1.70. The summed E-state index contributed by atoms with van der Waals surface area (Å²) in [4.78, 5) is 0.140. The van der Waals surface area contributed by atoms with Crippen molar-refractivity contribution in [2.24, 2.45) is 0 Å². The minimum absolute atomic E-state index is 0.140. The molecule has 2 aromatic rings. The second-order valence-electron chi connectivity index (χ2n) is 4.74. The average Bonchev–Trinajstić information content (AvgIpc) is 2.47. The van der Waals surface area contributed by atoms with Crippen LogP contribution in [0.3, 0.4) is 0 Å². The molecule has 1 nitrogen and oxygen atoms in total. The van der Waals surface area contributed by atoms with Gasteiger partial charge in [-0.25, -0.2) is 0 Å². The predicted molar refractivity (Wildman–Crippen MR) is 91.9 cm³/mol. The Morgan fingerprint density at radius 1 is 1.10 bits per heavy atom. The molecule has 2 aromatic carbocycles. The van der Waals surface area contributed by atoms with E-state index in [-0.39, 0.29) is 4.83 Å². The van der Waals surface area contributed by atoms with Crippen molar-refractivity contribution in [3.63, 3.8) is 0 Å². The second-order valence-corrected chi connectivity index (χ2v) is 6.57. The monoisotopic (exact) mass is 396 g/mol. The van der Waals surface area contributed by atoms with Gasteiger partial charge in [0.1, 0.15) is 5.75 Å². The first-order valence-corrected chi connectivity index (χ1v) is 8.43. The van der Waals surface area contributed by atoms with Crippen LogP contribution < -0.4 is 4.74 Å². The molecule has 0 bridgehead atoms. The van der Waals surface area contributed by atoms with Crippen LogP contribution in [0.4, 0.5) is 0 Å². The van der Waals surface area contributed by atoms with Gasteiger partial charge in [-0.1, -0.05) is 75.5 Å². The molecule has 106 valence electrons. The van der Waals surface area contributed by atoms with Gasteiger partial charge in [-0.15, -0.1) is 0 Å². The van der Waals surface area contributed by atoms with Crippen LogP contribution in [0.5, 0.6) is 5.75 Å². The van der Waals surface area contributed by atoms with Gasteiger partial charge in [-0.2, -0.15) is 0 Å². The number of hydrogen-bond donors (Lipinski definition) is 0. The standard InChI is InChI=1S/C17H18Br2O/c1-3-4-12-5-7-13(8-6-12)17(19)15-10-9-14(18)11-16(15)20-2/h5-11,17H,3-4H2,1-2H3. The van der Waals surface area contributed by atoms with Crippen LogP contribution in [0.15, 0.2) is 46.9 Å². The van der Waals surface area contributed by atoms with Crippen LogP contribution in [0.25, 0.3) is 0 Å². The summed E-state index contributed by atoms with van der Waals surface area (Å²) in [6, 6.07) is 14.9. The fourth-order valence-electron chi connectivity index (χ4n) is 2.22. The first-order chi connectivity index (χ1) is 9.65. The third-order valence-corrected chi connectivity index (χ3v) is 4.79. The van der Waals surface area contributed by atoms with E-state index < -0.39 is 0 Å². The summed E-state index contributed by atoms with van der Waals surface area (Å²) in [6.45, 7) is 2.20. The van der Waals surface area contributed by atoms with Crippen molar-refractivity contribution in [1.82, 2.24) is 0 Å². The summed E-state index contributed by atoms with van der Waals surface area (Å²) < 4.78 is 6.50. The number of halogens is 2.